The van der Waals surface area contributed by atoms with Crippen molar-refractivity contribution in [1.82, 2.24) is 16.0 Å². The Morgan fingerprint density at radius 3 is 1.94 bits per heavy atom. The summed E-state index contributed by atoms with van der Waals surface area (Å²) in [6.45, 7) is -0.782. The molecule has 0 heterocycles. The molecular formula is C19H27N5O7S. The standard InChI is InChI=1S/C19H27N5O7S/c20-11(6-10-4-2-1-3-5-10)16(27)23-13(8-25)17(28)24-14(9-32)18(29)22-12(19(30)31)7-15(21)26/h1-5,11-14,25,32H,6-9,20H2,(H2,21,26)(H,22,29)(H,23,27)(H,24,28)(H,30,31). The maximum atomic E-state index is 12.4. The van der Waals surface area contributed by atoms with Crippen LogP contribution in [0.1, 0.15) is 12.0 Å². The zero-order valence-electron chi connectivity index (χ0n) is 17.1. The minimum Gasteiger partial charge on any atom is -0.480 e. The number of aliphatic hydroxyl groups excluding tert-OH is 1. The van der Waals surface area contributed by atoms with Crippen LogP contribution in [-0.4, -0.2) is 76.3 Å². The first-order valence-corrected chi connectivity index (χ1v) is 10.2. The fourth-order valence-corrected chi connectivity index (χ4v) is 2.83. The van der Waals surface area contributed by atoms with Gasteiger partial charge >= 0.3 is 5.97 Å². The van der Waals surface area contributed by atoms with E-state index in [1.807, 2.05) is 6.07 Å². The summed E-state index contributed by atoms with van der Waals surface area (Å²) in [4.78, 5) is 59.1. The lowest BCUT2D eigenvalue weighted by molar-refractivity contribution is -0.143. The molecule has 32 heavy (non-hydrogen) atoms. The van der Waals surface area contributed by atoms with Crippen LogP contribution in [0.2, 0.25) is 0 Å². The van der Waals surface area contributed by atoms with Crippen molar-refractivity contribution in [2.75, 3.05) is 12.4 Å². The Kier molecular flexibility index (Phi) is 11.2. The Balaban J connectivity index is 2.71. The van der Waals surface area contributed by atoms with Gasteiger partial charge in [-0.2, -0.15) is 12.6 Å². The highest BCUT2D eigenvalue weighted by atomic mass is 32.1. The highest BCUT2D eigenvalue weighted by Gasteiger charge is 2.30. The summed E-state index contributed by atoms with van der Waals surface area (Å²) in [5.41, 5.74) is 11.6. The zero-order chi connectivity index (χ0) is 24.3. The number of nitrogens with one attached hydrogen (secondary N) is 3. The van der Waals surface area contributed by atoms with Gasteiger partial charge in [0.25, 0.3) is 0 Å². The minimum atomic E-state index is -1.59. The first kappa shape index (κ1) is 26.9. The van der Waals surface area contributed by atoms with Crippen molar-refractivity contribution >= 4 is 42.2 Å². The van der Waals surface area contributed by atoms with E-state index in [0.717, 1.165) is 5.56 Å². The molecule has 0 bridgehead atoms. The fraction of sp³-hybridized carbons (Fsp3) is 0.421. The Labute approximate surface area is 189 Å². The second kappa shape index (κ2) is 13.3. The van der Waals surface area contributed by atoms with Crippen molar-refractivity contribution in [1.29, 1.82) is 0 Å². The van der Waals surface area contributed by atoms with Crippen molar-refractivity contribution in [3.8, 4) is 0 Å². The normalized spacial score (nSPS) is 14.3. The molecule has 0 aromatic heterocycles. The molecule has 4 unspecified atom stereocenters. The van der Waals surface area contributed by atoms with Crippen molar-refractivity contribution in [3.63, 3.8) is 0 Å². The molecule has 0 aliphatic rings. The molecule has 12 nitrogen and oxygen atoms in total. The van der Waals surface area contributed by atoms with E-state index in [1.54, 1.807) is 24.3 Å². The number of amides is 4. The van der Waals surface area contributed by atoms with Crippen LogP contribution in [0.4, 0.5) is 0 Å². The largest absolute Gasteiger partial charge is 0.480 e. The van der Waals surface area contributed by atoms with Crippen molar-refractivity contribution < 1.29 is 34.2 Å². The van der Waals surface area contributed by atoms with Gasteiger partial charge in [0.2, 0.25) is 23.6 Å². The van der Waals surface area contributed by atoms with Gasteiger partial charge in [0.05, 0.1) is 19.1 Å². The molecule has 1 rings (SSSR count). The SMILES string of the molecule is NC(=O)CC(NC(=O)C(CS)NC(=O)C(CO)NC(=O)C(N)Cc1ccccc1)C(=O)O. The number of hydrogen-bond donors (Lipinski definition) is 8. The summed E-state index contributed by atoms with van der Waals surface area (Å²) in [5.74, 6) is -5.22. The number of carboxylic acids is 1. The number of aliphatic hydroxyl groups is 1. The number of rotatable bonds is 13. The molecule has 4 amide bonds. The molecule has 9 N–H and O–H groups in total. The predicted molar refractivity (Wildman–Crippen MR) is 116 cm³/mol. The van der Waals surface area contributed by atoms with E-state index in [-0.39, 0.29) is 12.2 Å². The van der Waals surface area contributed by atoms with Gasteiger partial charge in [-0.25, -0.2) is 4.79 Å². The van der Waals surface area contributed by atoms with Crippen molar-refractivity contribution in [3.05, 3.63) is 35.9 Å². The second-order valence-electron chi connectivity index (χ2n) is 6.85. The van der Waals surface area contributed by atoms with E-state index in [9.17, 15) is 29.1 Å². The first-order chi connectivity index (χ1) is 15.1. The van der Waals surface area contributed by atoms with Gasteiger partial charge in [0, 0.05) is 5.75 Å². The molecule has 0 saturated heterocycles. The molecule has 0 fully saturated rings. The highest BCUT2D eigenvalue weighted by molar-refractivity contribution is 7.80. The number of nitrogens with two attached hydrogens (primary N) is 2. The first-order valence-electron chi connectivity index (χ1n) is 9.52. The van der Waals surface area contributed by atoms with E-state index in [2.05, 4.69) is 28.6 Å². The number of benzene rings is 1. The van der Waals surface area contributed by atoms with Gasteiger partial charge in [-0.1, -0.05) is 30.3 Å². The van der Waals surface area contributed by atoms with E-state index < -0.39 is 66.8 Å². The number of carbonyl (C=O) groups excluding carboxylic acids is 4. The molecule has 0 radical (unpaired) electrons. The number of carbonyl (C=O) groups is 5. The third-order valence-corrected chi connectivity index (χ3v) is 4.65. The topological polar surface area (TPSA) is 214 Å². The van der Waals surface area contributed by atoms with Crippen LogP contribution >= 0.6 is 12.6 Å². The number of carboxylic acid groups (broad SMARTS) is 1. The maximum absolute atomic E-state index is 12.4. The van der Waals surface area contributed by atoms with Crippen LogP contribution in [0, 0.1) is 0 Å². The van der Waals surface area contributed by atoms with Crippen LogP contribution in [0.15, 0.2) is 30.3 Å². The monoisotopic (exact) mass is 469 g/mol. The Hall–Kier alpha value is -3.16. The van der Waals surface area contributed by atoms with Gasteiger partial charge in [-0.05, 0) is 12.0 Å². The average Bonchev–Trinajstić information content (AvgIpc) is 2.74. The van der Waals surface area contributed by atoms with Crippen molar-refractivity contribution in [2.45, 2.75) is 37.0 Å². The molecule has 0 saturated carbocycles. The van der Waals surface area contributed by atoms with Crippen LogP contribution < -0.4 is 27.4 Å². The zero-order valence-corrected chi connectivity index (χ0v) is 18.0. The number of thiol groups is 1. The molecule has 1 aromatic rings. The number of hydrogen-bond acceptors (Lipinski definition) is 8. The summed E-state index contributed by atoms with van der Waals surface area (Å²) in [6.07, 6.45) is -0.451. The van der Waals surface area contributed by atoms with Crippen LogP contribution in [-0.2, 0) is 30.4 Å². The minimum absolute atomic E-state index is 0.199. The molecule has 4 atom stereocenters. The summed E-state index contributed by atoms with van der Waals surface area (Å²) in [7, 11) is 0. The quantitative estimate of drug-likeness (QED) is 0.138. The van der Waals surface area contributed by atoms with E-state index >= 15 is 0 Å². The Bertz CT molecular complexity index is 824. The van der Waals surface area contributed by atoms with E-state index in [1.165, 1.54) is 0 Å². The molecule has 0 aliphatic carbocycles. The molecule has 13 heteroatoms. The molecule has 1 aromatic carbocycles. The fourth-order valence-electron chi connectivity index (χ4n) is 2.57. The van der Waals surface area contributed by atoms with Crippen LogP contribution in [0.5, 0.6) is 0 Å². The maximum Gasteiger partial charge on any atom is 0.326 e. The lowest BCUT2D eigenvalue weighted by atomic mass is 10.1. The Morgan fingerprint density at radius 2 is 1.44 bits per heavy atom. The van der Waals surface area contributed by atoms with Crippen molar-refractivity contribution in [2.24, 2.45) is 11.5 Å². The van der Waals surface area contributed by atoms with Gasteiger partial charge in [0.15, 0.2) is 0 Å². The summed E-state index contributed by atoms with van der Waals surface area (Å²) >= 11 is 3.94. The van der Waals surface area contributed by atoms with Gasteiger partial charge in [-0.15, -0.1) is 0 Å². The third-order valence-electron chi connectivity index (χ3n) is 4.29. The van der Waals surface area contributed by atoms with Gasteiger partial charge in [0.1, 0.15) is 18.1 Å². The number of aliphatic carboxylic acids is 1. The molecule has 0 spiro atoms. The third kappa shape index (κ3) is 8.91. The highest BCUT2D eigenvalue weighted by Crippen LogP contribution is 2.02. The molecular weight excluding hydrogens is 442 g/mol. The Morgan fingerprint density at radius 1 is 0.906 bits per heavy atom. The van der Waals surface area contributed by atoms with Crippen LogP contribution in [0.3, 0.4) is 0 Å². The van der Waals surface area contributed by atoms with Crippen LogP contribution in [0.25, 0.3) is 0 Å². The molecule has 0 aliphatic heterocycles. The second-order valence-corrected chi connectivity index (χ2v) is 7.22. The van der Waals surface area contributed by atoms with Gasteiger partial charge < -0.3 is 37.6 Å². The summed E-state index contributed by atoms with van der Waals surface area (Å²) < 4.78 is 0. The summed E-state index contributed by atoms with van der Waals surface area (Å²) in [5, 5.41) is 25.2. The lowest BCUT2D eigenvalue weighted by Crippen LogP contribution is -2.58. The number of primary amides is 1. The lowest BCUT2D eigenvalue weighted by Gasteiger charge is -2.23. The smallest absolute Gasteiger partial charge is 0.326 e. The predicted octanol–water partition coefficient (Wildman–Crippen LogP) is -3.11. The van der Waals surface area contributed by atoms with E-state index in [0.29, 0.717) is 0 Å². The average molecular weight is 470 g/mol. The van der Waals surface area contributed by atoms with E-state index in [4.69, 9.17) is 16.6 Å². The molecule has 176 valence electrons. The van der Waals surface area contributed by atoms with Gasteiger partial charge in [-0.3, -0.25) is 19.2 Å². The summed E-state index contributed by atoms with van der Waals surface area (Å²) in [6, 6.07) is 3.61.